The second kappa shape index (κ2) is 7.75. The number of nitrogens with zero attached hydrogens (tertiary/aromatic N) is 4. The van der Waals surface area contributed by atoms with Gasteiger partial charge < -0.3 is 15.0 Å². The van der Waals surface area contributed by atoms with Crippen molar-refractivity contribution in [1.82, 2.24) is 25.2 Å². The molecular weight excluding hydrogens is 266 g/mol. The van der Waals surface area contributed by atoms with E-state index in [1.54, 1.807) is 7.11 Å². The Morgan fingerprint density at radius 1 is 1.38 bits per heavy atom. The Balaban J connectivity index is 1.82. The van der Waals surface area contributed by atoms with E-state index in [4.69, 9.17) is 4.74 Å². The van der Waals surface area contributed by atoms with E-state index in [1.165, 1.54) is 5.56 Å². The standard InChI is InChI=1S/C15H23N5O/c1-16-10-14-12-20(18-17-14)8-7-19(2)11-13-5-4-6-15(9-13)21-3/h4-6,9,12,16H,7-8,10-11H2,1-3H3. The maximum atomic E-state index is 5.24. The van der Waals surface area contributed by atoms with E-state index in [-0.39, 0.29) is 0 Å². The van der Waals surface area contributed by atoms with Crippen molar-refractivity contribution in [2.45, 2.75) is 19.6 Å². The van der Waals surface area contributed by atoms with Gasteiger partial charge in [-0.1, -0.05) is 17.3 Å². The number of ether oxygens (including phenoxy) is 1. The van der Waals surface area contributed by atoms with Crippen molar-refractivity contribution in [3.05, 3.63) is 41.7 Å². The molecule has 0 unspecified atom stereocenters. The van der Waals surface area contributed by atoms with Gasteiger partial charge in [0.1, 0.15) is 5.75 Å². The van der Waals surface area contributed by atoms with Gasteiger partial charge in [-0.2, -0.15) is 0 Å². The number of hydrogen-bond donors (Lipinski definition) is 1. The highest BCUT2D eigenvalue weighted by molar-refractivity contribution is 5.28. The molecule has 1 aromatic heterocycles. The maximum Gasteiger partial charge on any atom is 0.119 e. The highest BCUT2D eigenvalue weighted by Gasteiger charge is 2.04. The minimum atomic E-state index is 0.750. The van der Waals surface area contributed by atoms with Crippen LogP contribution in [0.5, 0.6) is 5.75 Å². The normalized spacial score (nSPS) is 11.0. The molecule has 0 saturated carbocycles. The first-order chi connectivity index (χ1) is 10.2. The molecule has 0 amide bonds. The van der Waals surface area contributed by atoms with Gasteiger partial charge in [0.05, 0.1) is 19.3 Å². The Hall–Kier alpha value is -1.92. The van der Waals surface area contributed by atoms with Gasteiger partial charge in [-0.15, -0.1) is 5.10 Å². The average molecular weight is 289 g/mol. The van der Waals surface area contributed by atoms with Crippen LogP contribution in [0.2, 0.25) is 0 Å². The Morgan fingerprint density at radius 2 is 2.24 bits per heavy atom. The lowest BCUT2D eigenvalue weighted by molar-refractivity contribution is 0.303. The highest BCUT2D eigenvalue weighted by atomic mass is 16.5. The Morgan fingerprint density at radius 3 is 3.00 bits per heavy atom. The van der Waals surface area contributed by atoms with Gasteiger partial charge in [0.15, 0.2) is 0 Å². The fourth-order valence-electron chi connectivity index (χ4n) is 2.14. The molecule has 0 aliphatic carbocycles. The molecule has 0 fully saturated rings. The van der Waals surface area contributed by atoms with Gasteiger partial charge >= 0.3 is 0 Å². The molecule has 6 nitrogen and oxygen atoms in total. The van der Waals surface area contributed by atoms with E-state index in [2.05, 4.69) is 39.7 Å². The van der Waals surface area contributed by atoms with Crippen molar-refractivity contribution in [3.8, 4) is 5.75 Å². The molecular formula is C15H23N5O. The van der Waals surface area contributed by atoms with Crippen molar-refractivity contribution in [3.63, 3.8) is 0 Å². The summed E-state index contributed by atoms with van der Waals surface area (Å²) >= 11 is 0. The van der Waals surface area contributed by atoms with Crippen LogP contribution in [0.1, 0.15) is 11.3 Å². The first kappa shape index (κ1) is 15.5. The van der Waals surface area contributed by atoms with E-state index < -0.39 is 0 Å². The van der Waals surface area contributed by atoms with Crippen LogP contribution in [0.3, 0.4) is 0 Å². The number of methoxy groups -OCH3 is 1. The predicted molar refractivity (Wildman–Crippen MR) is 82.1 cm³/mol. The Labute approximate surface area is 125 Å². The fourth-order valence-corrected chi connectivity index (χ4v) is 2.14. The molecule has 0 radical (unpaired) electrons. The van der Waals surface area contributed by atoms with Crippen LogP contribution in [-0.4, -0.2) is 47.6 Å². The fraction of sp³-hybridized carbons (Fsp3) is 0.467. The number of likely N-dealkylation sites (N-methyl/N-ethyl adjacent to an activating group) is 1. The van der Waals surface area contributed by atoms with Crippen molar-refractivity contribution >= 4 is 0 Å². The van der Waals surface area contributed by atoms with Crippen LogP contribution >= 0.6 is 0 Å². The molecule has 1 heterocycles. The lowest BCUT2D eigenvalue weighted by Crippen LogP contribution is -2.23. The summed E-state index contributed by atoms with van der Waals surface area (Å²) < 4.78 is 7.13. The van der Waals surface area contributed by atoms with Gasteiger partial charge in [0.2, 0.25) is 0 Å². The van der Waals surface area contributed by atoms with Crippen molar-refractivity contribution in [2.24, 2.45) is 0 Å². The first-order valence-electron chi connectivity index (χ1n) is 7.06. The number of benzene rings is 1. The van der Waals surface area contributed by atoms with Crippen LogP contribution in [0.25, 0.3) is 0 Å². The second-order valence-electron chi connectivity index (χ2n) is 5.09. The number of rotatable bonds is 8. The Kier molecular flexibility index (Phi) is 5.71. The van der Waals surface area contributed by atoms with Gasteiger partial charge in [-0.05, 0) is 31.8 Å². The van der Waals surface area contributed by atoms with Crippen LogP contribution in [-0.2, 0) is 19.6 Å². The molecule has 2 rings (SSSR count). The molecule has 0 aliphatic rings. The number of aromatic nitrogens is 3. The zero-order chi connectivity index (χ0) is 15.1. The largest absolute Gasteiger partial charge is 0.497 e. The lowest BCUT2D eigenvalue weighted by atomic mass is 10.2. The summed E-state index contributed by atoms with van der Waals surface area (Å²) in [6.07, 6.45) is 1.98. The summed E-state index contributed by atoms with van der Waals surface area (Å²) in [5.74, 6) is 0.897. The van der Waals surface area contributed by atoms with Crippen LogP contribution in [0.15, 0.2) is 30.5 Å². The monoisotopic (exact) mass is 289 g/mol. The summed E-state index contributed by atoms with van der Waals surface area (Å²) in [6.45, 7) is 3.38. The summed E-state index contributed by atoms with van der Waals surface area (Å²) in [6, 6.07) is 8.15. The molecule has 6 heteroatoms. The molecule has 0 aliphatic heterocycles. The molecule has 0 bridgehead atoms. The molecule has 1 aromatic carbocycles. The minimum absolute atomic E-state index is 0.750. The minimum Gasteiger partial charge on any atom is -0.497 e. The third-order valence-electron chi connectivity index (χ3n) is 3.24. The summed E-state index contributed by atoms with van der Waals surface area (Å²) in [5, 5.41) is 11.3. The molecule has 2 aromatic rings. The van der Waals surface area contributed by atoms with E-state index in [1.807, 2.05) is 30.1 Å². The van der Waals surface area contributed by atoms with E-state index >= 15 is 0 Å². The molecule has 0 saturated heterocycles. The van der Waals surface area contributed by atoms with Crippen LogP contribution in [0.4, 0.5) is 0 Å². The van der Waals surface area contributed by atoms with E-state index in [0.717, 1.165) is 37.6 Å². The van der Waals surface area contributed by atoms with Crippen molar-refractivity contribution in [2.75, 3.05) is 27.7 Å². The van der Waals surface area contributed by atoms with Gasteiger partial charge in [0, 0.05) is 25.8 Å². The quantitative estimate of drug-likeness (QED) is 0.790. The third kappa shape index (κ3) is 4.84. The van der Waals surface area contributed by atoms with Crippen molar-refractivity contribution < 1.29 is 4.74 Å². The zero-order valence-corrected chi connectivity index (χ0v) is 12.9. The smallest absolute Gasteiger partial charge is 0.119 e. The SMILES string of the molecule is CNCc1cn(CCN(C)Cc2cccc(OC)c2)nn1. The van der Waals surface area contributed by atoms with Crippen LogP contribution < -0.4 is 10.1 Å². The van der Waals surface area contributed by atoms with E-state index in [9.17, 15) is 0 Å². The zero-order valence-electron chi connectivity index (χ0n) is 12.9. The van der Waals surface area contributed by atoms with Gasteiger partial charge in [0.25, 0.3) is 0 Å². The molecule has 1 N–H and O–H groups in total. The van der Waals surface area contributed by atoms with E-state index in [0.29, 0.717) is 0 Å². The van der Waals surface area contributed by atoms with Gasteiger partial charge in [-0.25, -0.2) is 0 Å². The predicted octanol–water partition coefficient (Wildman–Crippen LogP) is 1.14. The maximum absolute atomic E-state index is 5.24. The first-order valence-corrected chi connectivity index (χ1v) is 7.06. The molecule has 114 valence electrons. The molecule has 21 heavy (non-hydrogen) atoms. The average Bonchev–Trinajstić information content (AvgIpc) is 2.93. The summed E-state index contributed by atoms with van der Waals surface area (Å²) in [7, 11) is 5.70. The lowest BCUT2D eigenvalue weighted by Gasteiger charge is -2.16. The third-order valence-corrected chi connectivity index (χ3v) is 3.24. The number of nitrogens with one attached hydrogen (secondary N) is 1. The number of hydrogen-bond acceptors (Lipinski definition) is 5. The van der Waals surface area contributed by atoms with Gasteiger partial charge in [-0.3, -0.25) is 4.68 Å². The molecule has 0 spiro atoms. The summed E-state index contributed by atoms with van der Waals surface area (Å²) in [5.41, 5.74) is 2.21. The topological polar surface area (TPSA) is 55.2 Å². The highest BCUT2D eigenvalue weighted by Crippen LogP contribution is 2.13. The summed E-state index contributed by atoms with van der Waals surface area (Å²) in [4.78, 5) is 2.26. The van der Waals surface area contributed by atoms with Crippen molar-refractivity contribution in [1.29, 1.82) is 0 Å². The molecule has 0 atom stereocenters. The second-order valence-corrected chi connectivity index (χ2v) is 5.09. The Bertz CT molecular complexity index is 555. The van der Waals surface area contributed by atoms with Crippen LogP contribution in [0, 0.1) is 0 Å².